The molecule has 0 amide bonds. The molecule has 3 heterocycles. The summed E-state index contributed by atoms with van der Waals surface area (Å²) < 4.78 is 80.4. The molecular formula is C29H27F6N5. The molecule has 1 fully saturated rings. The molecule has 1 aliphatic heterocycles. The normalized spacial score (nSPS) is 15.8. The van der Waals surface area contributed by atoms with Gasteiger partial charge in [0, 0.05) is 22.8 Å². The second kappa shape index (κ2) is 11.0. The van der Waals surface area contributed by atoms with Crippen molar-refractivity contribution in [1.82, 2.24) is 19.9 Å². The summed E-state index contributed by atoms with van der Waals surface area (Å²) in [5, 5.41) is 3.74. The van der Waals surface area contributed by atoms with E-state index in [-0.39, 0.29) is 16.8 Å². The molecule has 4 aromatic rings. The fraction of sp³-hybridized carbons (Fsp3) is 0.345. The van der Waals surface area contributed by atoms with Gasteiger partial charge in [-0.3, -0.25) is 9.88 Å². The second-order valence-electron chi connectivity index (χ2n) is 9.96. The zero-order chi connectivity index (χ0) is 28.5. The SMILES string of the molecule is CC(c1ccc(Nc2nc(CN3CCCCC3)nc3cc(-c4ncccc4C(F)(F)F)ccc23)cc1)C(F)(F)F. The molecule has 1 aliphatic rings. The summed E-state index contributed by atoms with van der Waals surface area (Å²) in [5.41, 5.74) is 0.315. The zero-order valence-electron chi connectivity index (χ0n) is 21.7. The van der Waals surface area contributed by atoms with Gasteiger partial charge in [-0.05, 0) is 74.8 Å². The van der Waals surface area contributed by atoms with E-state index in [0.717, 1.165) is 45.3 Å². The highest BCUT2D eigenvalue weighted by atomic mass is 19.4. The summed E-state index contributed by atoms with van der Waals surface area (Å²) >= 11 is 0. The Kier molecular flexibility index (Phi) is 7.67. The summed E-state index contributed by atoms with van der Waals surface area (Å²) in [6.07, 6.45) is -4.34. The lowest BCUT2D eigenvalue weighted by Gasteiger charge is -2.25. The zero-order valence-corrected chi connectivity index (χ0v) is 21.7. The van der Waals surface area contributed by atoms with E-state index in [1.54, 1.807) is 24.3 Å². The molecule has 0 radical (unpaired) electrons. The number of likely N-dealkylation sites (tertiary alicyclic amines) is 1. The average Bonchev–Trinajstić information content (AvgIpc) is 2.92. The number of nitrogens with zero attached hydrogens (tertiary/aromatic N) is 4. The molecule has 2 aromatic heterocycles. The molecule has 2 aromatic carbocycles. The van der Waals surface area contributed by atoms with Gasteiger partial charge in [0.15, 0.2) is 0 Å². The lowest BCUT2D eigenvalue weighted by atomic mass is 10.0. The molecule has 210 valence electrons. The van der Waals surface area contributed by atoms with Gasteiger partial charge < -0.3 is 5.32 Å². The molecule has 1 atom stereocenters. The Morgan fingerprint density at radius 3 is 2.30 bits per heavy atom. The number of rotatable bonds is 6. The van der Waals surface area contributed by atoms with Crippen LogP contribution in [-0.2, 0) is 12.7 Å². The number of halogens is 6. The number of benzene rings is 2. The fourth-order valence-corrected chi connectivity index (χ4v) is 4.85. The third kappa shape index (κ3) is 6.19. The van der Waals surface area contributed by atoms with Crippen LogP contribution in [0.15, 0.2) is 60.8 Å². The summed E-state index contributed by atoms with van der Waals surface area (Å²) in [6.45, 7) is 3.36. The van der Waals surface area contributed by atoms with Gasteiger partial charge in [0.1, 0.15) is 11.6 Å². The van der Waals surface area contributed by atoms with Crippen molar-refractivity contribution in [2.75, 3.05) is 18.4 Å². The Balaban J connectivity index is 1.54. The van der Waals surface area contributed by atoms with Gasteiger partial charge in [0.25, 0.3) is 0 Å². The van der Waals surface area contributed by atoms with E-state index < -0.39 is 23.8 Å². The topological polar surface area (TPSA) is 53.9 Å². The third-order valence-electron chi connectivity index (χ3n) is 7.11. The molecular weight excluding hydrogens is 532 g/mol. The number of nitrogens with one attached hydrogen (secondary N) is 1. The molecule has 11 heteroatoms. The monoisotopic (exact) mass is 559 g/mol. The summed E-state index contributed by atoms with van der Waals surface area (Å²) in [7, 11) is 0. The number of hydrogen-bond acceptors (Lipinski definition) is 5. The minimum Gasteiger partial charge on any atom is -0.340 e. The number of aromatic nitrogens is 3. The first-order valence-electron chi connectivity index (χ1n) is 13.0. The third-order valence-corrected chi connectivity index (χ3v) is 7.11. The first-order chi connectivity index (χ1) is 19.0. The highest BCUT2D eigenvalue weighted by Gasteiger charge is 2.37. The largest absolute Gasteiger partial charge is 0.418 e. The number of hydrogen-bond donors (Lipinski definition) is 1. The summed E-state index contributed by atoms with van der Waals surface area (Å²) in [6, 6.07) is 12.9. The predicted octanol–water partition coefficient (Wildman–Crippen LogP) is 8.11. The molecule has 40 heavy (non-hydrogen) atoms. The minimum atomic E-state index is -4.58. The van der Waals surface area contributed by atoms with Gasteiger partial charge >= 0.3 is 12.4 Å². The van der Waals surface area contributed by atoms with Crippen LogP contribution in [0.25, 0.3) is 22.2 Å². The van der Waals surface area contributed by atoms with E-state index in [1.165, 1.54) is 30.5 Å². The van der Waals surface area contributed by atoms with Gasteiger partial charge in [-0.15, -0.1) is 0 Å². The maximum atomic E-state index is 13.7. The smallest absolute Gasteiger partial charge is 0.340 e. The lowest BCUT2D eigenvalue weighted by molar-refractivity contribution is -0.146. The minimum absolute atomic E-state index is 0.136. The van der Waals surface area contributed by atoms with Crippen molar-refractivity contribution in [2.24, 2.45) is 0 Å². The molecule has 5 rings (SSSR count). The van der Waals surface area contributed by atoms with Crippen molar-refractivity contribution in [3.05, 3.63) is 77.7 Å². The average molecular weight is 560 g/mol. The van der Waals surface area contributed by atoms with Crippen LogP contribution >= 0.6 is 0 Å². The van der Waals surface area contributed by atoms with Crippen molar-refractivity contribution in [1.29, 1.82) is 0 Å². The van der Waals surface area contributed by atoms with Crippen LogP contribution in [0.4, 0.5) is 37.8 Å². The highest BCUT2D eigenvalue weighted by Crippen LogP contribution is 2.38. The first kappa shape index (κ1) is 27.8. The van der Waals surface area contributed by atoms with E-state index in [9.17, 15) is 26.3 Å². The van der Waals surface area contributed by atoms with E-state index in [2.05, 4.69) is 20.2 Å². The van der Waals surface area contributed by atoms with E-state index >= 15 is 0 Å². The van der Waals surface area contributed by atoms with Crippen molar-refractivity contribution < 1.29 is 26.3 Å². The van der Waals surface area contributed by atoms with Gasteiger partial charge in [-0.1, -0.05) is 24.6 Å². The summed E-state index contributed by atoms with van der Waals surface area (Å²) in [4.78, 5) is 15.6. The van der Waals surface area contributed by atoms with Crippen LogP contribution in [-0.4, -0.2) is 39.1 Å². The van der Waals surface area contributed by atoms with Crippen molar-refractivity contribution in [3.63, 3.8) is 0 Å². The van der Waals surface area contributed by atoms with Crippen molar-refractivity contribution in [2.45, 2.75) is 51.0 Å². The maximum Gasteiger partial charge on any atom is 0.418 e. The van der Waals surface area contributed by atoms with Crippen LogP contribution in [0, 0.1) is 0 Å². The molecule has 0 bridgehead atoms. The van der Waals surface area contributed by atoms with Gasteiger partial charge in [0.2, 0.25) is 0 Å². The van der Waals surface area contributed by atoms with Gasteiger partial charge in [-0.25, -0.2) is 9.97 Å². The van der Waals surface area contributed by atoms with Crippen LogP contribution < -0.4 is 5.32 Å². The standard InChI is InChI=1S/C29H27F6N5/c1-18(28(30,31)32)19-7-10-21(11-8-19)37-27-22-12-9-20(26-23(29(33,34)35)6-5-13-36-26)16-24(22)38-25(39-27)17-40-14-3-2-4-15-40/h5-13,16,18H,2-4,14-15,17H2,1H3,(H,37,38,39). The maximum absolute atomic E-state index is 13.7. The van der Waals surface area contributed by atoms with Gasteiger partial charge in [0.05, 0.1) is 29.2 Å². The summed E-state index contributed by atoms with van der Waals surface area (Å²) in [5.74, 6) is -0.699. The quantitative estimate of drug-likeness (QED) is 0.242. The van der Waals surface area contributed by atoms with Crippen LogP contribution in [0.1, 0.15) is 49.1 Å². The Labute approximate surface area is 227 Å². The lowest BCUT2D eigenvalue weighted by Crippen LogP contribution is -2.30. The van der Waals surface area contributed by atoms with Gasteiger partial charge in [-0.2, -0.15) is 26.3 Å². The second-order valence-corrected chi connectivity index (χ2v) is 9.96. The Hall–Kier alpha value is -3.73. The molecule has 1 N–H and O–H groups in total. The van der Waals surface area contributed by atoms with Crippen molar-refractivity contribution in [3.8, 4) is 11.3 Å². The number of fused-ring (bicyclic) bond motifs is 1. The van der Waals surface area contributed by atoms with Crippen LogP contribution in [0.2, 0.25) is 0 Å². The molecule has 1 unspecified atom stereocenters. The molecule has 1 saturated heterocycles. The van der Waals surface area contributed by atoms with Crippen molar-refractivity contribution >= 4 is 22.4 Å². The number of anilines is 2. The Bertz CT molecular complexity index is 1480. The van der Waals surface area contributed by atoms with Crippen LogP contribution in [0.5, 0.6) is 0 Å². The highest BCUT2D eigenvalue weighted by molar-refractivity contribution is 5.93. The first-order valence-corrected chi connectivity index (χ1v) is 13.0. The predicted molar refractivity (Wildman–Crippen MR) is 141 cm³/mol. The molecule has 0 saturated carbocycles. The van der Waals surface area contributed by atoms with Crippen LogP contribution in [0.3, 0.4) is 0 Å². The number of piperidine rings is 1. The van der Waals surface area contributed by atoms with E-state index in [4.69, 9.17) is 4.98 Å². The van der Waals surface area contributed by atoms with E-state index in [0.29, 0.717) is 34.8 Å². The number of pyridine rings is 1. The molecule has 5 nitrogen and oxygen atoms in total. The number of alkyl halides is 6. The Morgan fingerprint density at radius 1 is 0.900 bits per heavy atom. The molecule has 0 aliphatic carbocycles. The molecule has 0 spiro atoms. The Morgan fingerprint density at radius 2 is 1.62 bits per heavy atom. The van der Waals surface area contributed by atoms with E-state index in [1.807, 2.05) is 0 Å². The fourth-order valence-electron chi connectivity index (χ4n) is 4.85.